The summed E-state index contributed by atoms with van der Waals surface area (Å²) in [6, 6.07) is 0. The van der Waals surface area contributed by atoms with E-state index in [9.17, 15) is 5.11 Å². The lowest BCUT2D eigenvalue weighted by Gasteiger charge is -2.58. The molecule has 0 heterocycles. The van der Waals surface area contributed by atoms with Gasteiger partial charge in [0.25, 0.3) is 0 Å². The van der Waals surface area contributed by atoms with E-state index in [1.165, 1.54) is 57.8 Å². The highest BCUT2D eigenvalue weighted by Gasteiger charge is 2.59. The van der Waals surface area contributed by atoms with Gasteiger partial charge in [-0.15, -0.1) is 34.0 Å². The van der Waals surface area contributed by atoms with E-state index >= 15 is 0 Å². The monoisotopic (exact) mass is 546 g/mol. The van der Waals surface area contributed by atoms with Crippen LogP contribution < -0.4 is 0 Å². The molecule has 4 aliphatic carbocycles. The number of hydrogen-bond donors (Lipinski definition) is 1. The molecule has 0 aromatic rings. The summed E-state index contributed by atoms with van der Waals surface area (Å²) in [4.78, 5) is 0. The molecule has 3 heteroatoms. The van der Waals surface area contributed by atoms with Crippen molar-refractivity contribution in [3.63, 3.8) is 0 Å². The molecular weight excluding hydrogens is 500 g/mol. The number of hydrogen-bond acceptors (Lipinski definition) is 1. The Morgan fingerprint density at radius 3 is 2.40 bits per heavy atom. The lowest BCUT2D eigenvalue weighted by Crippen LogP contribution is -2.50. The van der Waals surface area contributed by atoms with Crippen LogP contribution in [0.3, 0.4) is 0 Å². The summed E-state index contributed by atoms with van der Waals surface area (Å²) >= 11 is 0. The van der Waals surface area contributed by atoms with Crippen molar-refractivity contribution in [3.8, 4) is 0 Å². The summed E-state index contributed by atoms with van der Waals surface area (Å²) in [5.41, 5.74) is 2.60. The van der Waals surface area contributed by atoms with Crippen LogP contribution >= 0.6 is 34.0 Å². The van der Waals surface area contributed by atoms with Crippen LogP contribution in [-0.4, -0.2) is 11.2 Å². The zero-order valence-electron chi connectivity index (χ0n) is 20.2. The normalized spacial score (nSPS) is 43.4. The van der Waals surface area contributed by atoms with E-state index in [0.717, 1.165) is 48.3 Å². The molecule has 4 rings (SSSR count). The second-order valence-corrected chi connectivity index (χ2v) is 12.2. The van der Waals surface area contributed by atoms with E-state index < -0.39 is 0 Å². The van der Waals surface area contributed by atoms with E-state index in [1.54, 1.807) is 5.57 Å². The Labute approximate surface area is 207 Å². The van der Waals surface area contributed by atoms with Crippen LogP contribution in [0.5, 0.6) is 0 Å². The third kappa shape index (κ3) is 4.65. The fourth-order valence-corrected chi connectivity index (χ4v) is 8.67. The summed E-state index contributed by atoms with van der Waals surface area (Å²) in [7, 11) is 0. The zero-order valence-corrected chi connectivity index (χ0v) is 23.6. The first kappa shape index (κ1) is 26.9. The maximum atomic E-state index is 10.2. The minimum absolute atomic E-state index is 0. The second kappa shape index (κ2) is 10.3. The predicted octanol–water partition coefficient (Wildman–Crippen LogP) is 8.54. The summed E-state index contributed by atoms with van der Waals surface area (Å²) < 4.78 is 0. The van der Waals surface area contributed by atoms with Gasteiger partial charge in [0.15, 0.2) is 0 Å². The number of aliphatic hydroxyl groups is 1. The van der Waals surface area contributed by atoms with Gasteiger partial charge in [-0.3, -0.25) is 0 Å². The fraction of sp³-hybridized carbons (Fsp3) is 0.926. The highest BCUT2D eigenvalue weighted by Crippen LogP contribution is 2.67. The Kier molecular flexibility index (Phi) is 9.23. The van der Waals surface area contributed by atoms with Crippen molar-refractivity contribution in [1.29, 1.82) is 0 Å². The van der Waals surface area contributed by atoms with Crippen molar-refractivity contribution >= 4 is 34.0 Å². The van der Waals surface area contributed by atoms with Crippen LogP contribution in [0.25, 0.3) is 0 Å². The molecule has 0 aliphatic heterocycles. The van der Waals surface area contributed by atoms with Gasteiger partial charge in [0.2, 0.25) is 0 Å². The van der Waals surface area contributed by atoms with Gasteiger partial charge in [0.05, 0.1) is 6.10 Å². The standard InChI is InChI=1S/C27H46O.2BrH/c1-18(2)7-6-8-19(3)23-11-12-24-22-10-9-20-17-21(28)13-15-26(20,4)25(22)14-16-27(23,24)5;;/h9,18-19,21-25,28H,6-8,10-17H2,1-5H3;2*1H/t19-,21+,22+,23-,24+,25+,26+,27-;;/m1../s1. The van der Waals surface area contributed by atoms with Crippen LogP contribution in [0.1, 0.15) is 105 Å². The fourth-order valence-electron chi connectivity index (χ4n) is 8.67. The molecule has 0 aromatic heterocycles. The van der Waals surface area contributed by atoms with Gasteiger partial charge in [0, 0.05) is 0 Å². The number of halogens is 2. The Morgan fingerprint density at radius 1 is 0.967 bits per heavy atom. The Hall–Kier alpha value is 0.660. The molecular formula is C27H48Br2O. The minimum Gasteiger partial charge on any atom is -0.393 e. The average molecular weight is 548 g/mol. The summed E-state index contributed by atoms with van der Waals surface area (Å²) in [6.45, 7) is 12.6. The predicted molar refractivity (Wildman–Crippen MR) is 140 cm³/mol. The number of fused-ring (bicyclic) bond motifs is 5. The molecule has 0 unspecified atom stereocenters. The van der Waals surface area contributed by atoms with E-state index in [1.807, 2.05) is 0 Å². The number of allylic oxidation sites excluding steroid dienone is 1. The summed E-state index contributed by atoms with van der Waals surface area (Å²) in [5, 5.41) is 10.2. The van der Waals surface area contributed by atoms with Crippen LogP contribution in [0.4, 0.5) is 0 Å². The third-order valence-electron chi connectivity index (χ3n) is 10.3. The van der Waals surface area contributed by atoms with Crippen molar-refractivity contribution in [1.82, 2.24) is 0 Å². The molecule has 0 amide bonds. The first-order valence-corrected chi connectivity index (χ1v) is 12.6. The Balaban J connectivity index is 0.00000160. The topological polar surface area (TPSA) is 20.2 Å². The molecule has 0 spiro atoms. The van der Waals surface area contributed by atoms with Crippen molar-refractivity contribution in [3.05, 3.63) is 11.6 Å². The molecule has 8 atom stereocenters. The Morgan fingerprint density at radius 2 is 1.70 bits per heavy atom. The van der Waals surface area contributed by atoms with Gasteiger partial charge in [-0.1, -0.05) is 65.5 Å². The smallest absolute Gasteiger partial charge is 0.0577 e. The van der Waals surface area contributed by atoms with Gasteiger partial charge < -0.3 is 5.11 Å². The first-order valence-electron chi connectivity index (χ1n) is 12.6. The highest BCUT2D eigenvalue weighted by molar-refractivity contribution is 8.93. The highest BCUT2D eigenvalue weighted by atomic mass is 79.9. The second-order valence-electron chi connectivity index (χ2n) is 12.2. The van der Waals surface area contributed by atoms with E-state index in [0.29, 0.717) is 10.8 Å². The maximum absolute atomic E-state index is 10.2. The van der Waals surface area contributed by atoms with E-state index in [2.05, 4.69) is 40.7 Å². The first-order chi connectivity index (χ1) is 13.3. The molecule has 0 radical (unpaired) electrons. The van der Waals surface area contributed by atoms with Gasteiger partial charge in [-0.2, -0.15) is 0 Å². The average Bonchev–Trinajstić information content (AvgIpc) is 2.99. The van der Waals surface area contributed by atoms with Crippen molar-refractivity contribution < 1.29 is 5.11 Å². The largest absolute Gasteiger partial charge is 0.393 e. The van der Waals surface area contributed by atoms with E-state index in [4.69, 9.17) is 0 Å². The van der Waals surface area contributed by atoms with Crippen LogP contribution in [0, 0.1) is 46.3 Å². The molecule has 1 N–H and O–H groups in total. The van der Waals surface area contributed by atoms with Crippen LogP contribution in [-0.2, 0) is 0 Å². The molecule has 0 saturated heterocycles. The summed E-state index contributed by atoms with van der Waals surface area (Å²) in [5.74, 6) is 5.46. The molecule has 3 saturated carbocycles. The van der Waals surface area contributed by atoms with Gasteiger partial charge in [-0.25, -0.2) is 0 Å². The molecule has 4 aliphatic rings. The number of aliphatic hydroxyl groups excluding tert-OH is 1. The van der Waals surface area contributed by atoms with Crippen molar-refractivity contribution in [2.24, 2.45) is 46.3 Å². The SMILES string of the molecule is Br.Br.CC(C)CCC[C@@H](C)[C@H]1CC[C@H]2[C@@H]3CC=C4C[C@@H](O)CC[C@]4(C)[C@H]3CC[C@]12C. The van der Waals surface area contributed by atoms with Crippen molar-refractivity contribution in [2.75, 3.05) is 0 Å². The molecule has 30 heavy (non-hydrogen) atoms. The zero-order chi connectivity index (χ0) is 20.1. The van der Waals surface area contributed by atoms with Crippen LogP contribution in [0.2, 0.25) is 0 Å². The van der Waals surface area contributed by atoms with Crippen molar-refractivity contribution in [2.45, 2.75) is 111 Å². The number of rotatable bonds is 5. The summed E-state index contributed by atoms with van der Waals surface area (Å²) in [6.07, 6.45) is 17.2. The molecule has 0 bridgehead atoms. The van der Waals surface area contributed by atoms with Gasteiger partial charge in [0.1, 0.15) is 0 Å². The van der Waals surface area contributed by atoms with E-state index in [-0.39, 0.29) is 40.1 Å². The molecule has 3 fully saturated rings. The molecule has 1 nitrogen and oxygen atoms in total. The van der Waals surface area contributed by atoms with Crippen LogP contribution in [0.15, 0.2) is 11.6 Å². The molecule has 0 aromatic carbocycles. The Bertz CT molecular complexity index is 602. The lowest BCUT2D eigenvalue weighted by molar-refractivity contribution is -0.0573. The minimum atomic E-state index is -0.0766. The quantitative estimate of drug-likeness (QED) is 0.342. The van der Waals surface area contributed by atoms with Gasteiger partial charge in [-0.05, 0) is 97.7 Å². The molecule has 176 valence electrons. The maximum Gasteiger partial charge on any atom is 0.0577 e. The third-order valence-corrected chi connectivity index (χ3v) is 10.3. The lowest BCUT2D eigenvalue weighted by atomic mass is 9.47. The van der Waals surface area contributed by atoms with Gasteiger partial charge >= 0.3 is 0 Å².